The van der Waals surface area contributed by atoms with Crippen molar-refractivity contribution in [3.8, 4) is 10.8 Å². The van der Waals surface area contributed by atoms with Gasteiger partial charge in [-0.05, 0) is 6.07 Å². The summed E-state index contributed by atoms with van der Waals surface area (Å²) in [4.78, 5) is 10.9. The lowest BCUT2D eigenvalue weighted by Gasteiger charge is -1.99. The molecule has 1 heterocycles. The van der Waals surface area contributed by atoms with Crippen molar-refractivity contribution < 1.29 is 19.0 Å². The predicted molar refractivity (Wildman–Crippen MR) is 61.4 cm³/mol. The minimum atomic E-state index is -0.717. The maximum Gasteiger partial charge on any atom is 0.514 e. The summed E-state index contributed by atoms with van der Waals surface area (Å²) in [6.45, 7) is 0. The standard InChI is InChI=1S/C11H10O4S/c1-13-8-5-3-4-7-6-9(16-10(7)8)15-11(12)14-2/h3-6H,1-2H3. The first-order chi connectivity index (χ1) is 7.74. The fraction of sp³-hybridized carbons (Fsp3) is 0.182. The number of thiophene rings is 1. The Bertz CT molecular complexity index is 518. The Hall–Kier alpha value is -1.75. The van der Waals surface area contributed by atoms with Crippen molar-refractivity contribution in [2.75, 3.05) is 14.2 Å². The van der Waals surface area contributed by atoms with Crippen LogP contribution >= 0.6 is 11.3 Å². The summed E-state index contributed by atoms with van der Waals surface area (Å²) in [5.74, 6) is 0.766. The van der Waals surface area contributed by atoms with E-state index in [9.17, 15) is 4.79 Å². The van der Waals surface area contributed by atoms with Gasteiger partial charge in [0, 0.05) is 11.5 Å². The summed E-state index contributed by atoms with van der Waals surface area (Å²) >= 11 is 1.34. The van der Waals surface area contributed by atoms with Crippen LogP contribution < -0.4 is 9.47 Å². The molecule has 0 aliphatic heterocycles. The third-order valence-electron chi connectivity index (χ3n) is 2.06. The van der Waals surface area contributed by atoms with E-state index >= 15 is 0 Å². The lowest BCUT2D eigenvalue weighted by Crippen LogP contribution is -2.05. The molecular weight excluding hydrogens is 228 g/mol. The Balaban J connectivity index is 2.39. The molecule has 0 unspecified atom stereocenters. The quantitative estimate of drug-likeness (QED) is 0.754. The lowest BCUT2D eigenvalue weighted by atomic mass is 10.2. The van der Waals surface area contributed by atoms with E-state index in [0.29, 0.717) is 5.06 Å². The molecule has 0 aliphatic carbocycles. The molecule has 0 spiro atoms. The zero-order chi connectivity index (χ0) is 11.5. The summed E-state index contributed by atoms with van der Waals surface area (Å²) in [7, 11) is 2.88. The molecule has 16 heavy (non-hydrogen) atoms. The Morgan fingerprint density at radius 1 is 1.31 bits per heavy atom. The molecule has 1 aromatic carbocycles. The molecule has 0 N–H and O–H groups in total. The van der Waals surface area contributed by atoms with Gasteiger partial charge in [-0.2, -0.15) is 0 Å². The fourth-order valence-electron chi connectivity index (χ4n) is 1.35. The predicted octanol–water partition coefficient (Wildman–Crippen LogP) is 3.06. The third kappa shape index (κ3) is 1.94. The van der Waals surface area contributed by atoms with Gasteiger partial charge in [-0.15, -0.1) is 0 Å². The van der Waals surface area contributed by atoms with E-state index in [0.717, 1.165) is 15.8 Å². The highest BCUT2D eigenvalue weighted by Gasteiger charge is 2.10. The van der Waals surface area contributed by atoms with E-state index in [2.05, 4.69) is 4.74 Å². The van der Waals surface area contributed by atoms with Crippen LogP contribution in [-0.4, -0.2) is 20.4 Å². The van der Waals surface area contributed by atoms with Gasteiger partial charge >= 0.3 is 6.16 Å². The number of ether oxygens (including phenoxy) is 3. The van der Waals surface area contributed by atoms with E-state index in [1.807, 2.05) is 18.2 Å². The summed E-state index contributed by atoms with van der Waals surface area (Å²) in [5.41, 5.74) is 0. The second kappa shape index (κ2) is 4.40. The lowest BCUT2D eigenvalue weighted by molar-refractivity contribution is 0.123. The van der Waals surface area contributed by atoms with Gasteiger partial charge in [0.05, 0.1) is 18.9 Å². The average Bonchev–Trinajstić information content (AvgIpc) is 2.70. The van der Waals surface area contributed by atoms with Crippen molar-refractivity contribution in [1.82, 2.24) is 0 Å². The smallest absolute Gasteiger partial charge is 0.495 e. The monoisotopic (exact) mass is 238 g/mol. The van der Waals surface area contributed by atoms with Crippen LogP contribution in [0.15, 0.2) is 24.3 Å². The molecule has 0 aliphatic rings. The maximum absolute atomic E-state index is 10.9. The normalized spacial score (nSPS) is 10.1. The van der Waals surface area contributed by atoms with Crippen molar-refractivity contribution in [1.29, 1.82) is 0 Å². The van der Waals surface area contributed by atoms with Gasteiger partial charge < -0.3 is 14.2 Å². The van der Waals surface area contributed by atoms with Crippen LogP contribution in [0.3, 0.4) is 0 Å². The fourth-order valence-corrected chi connectivity index (χ4v) is 2.34. The van der Waals surface area contributed by atoms with Crippen molar-refractivity contribution >= 4 is 27.6 Å². The number of methoxy groups -OCH3 is 2. The van der Waals surface area contributed by atoms with Gasteiger partial charge in [0.1, 0.15) is 5.75 Å². The average molecular weight is 238 g/mol. The molecule has 0 bridgehead atoms. The number of carbonyl (C=O) groups is 1. The van der Waals surface area contributed by atoms with Crippen LogP contribution in [0.5, 0.6) is 10.8 Å². The van der Waals surface area contributed by atoms with Crippen LogP contribution in [0.2, 0.25) is 0 Å². The topological polar surface area (TPSA) is 44.8 Å². The van der Waals surface area contributed by atoms with E-state index < -0.39 is 6.16 Å². The Morgan fingerprint density at radius 3 is 2.81 bits per heavy atom. The Morgan fingerprint density at radius 2 is 2.12 bits per heavy atom. The Kier molecular flexibility index (Phi) is 2.96. The van der Waals surface area contributed by atoms with Crippen molar-refractivity contribution in [2.45, 2.75) is 0 Å². The van der Waals surface area contributed by atoms with Gasteiger partial charge in [-0.3, -0.25) is 0 Å². The largest absolute Gasteiger partial charge is 0.514 e. The molecule has 0 atom stereocenters. The highest BCUT2D eigenvalue weighted by Crippen LogP contribution is 2.37. The Labute approximate surface area is 96.4 Å². The molecule has 1 aromatic heterocycles. The first-order valence-corrected chi connectivity index (χ1v) is 5.38. The molecule has 2 rings (SSSR count). The number of rotatable bonds is 2. The number of carbonyl (C=O) groups excluding carboxylic acids is 1. The van der Waals surface area contributed by atoms with Gasteiger partial charge in [-0.1, -0.05) is 23.5 Å². The van der Waals surface area contributed by atoms with Crippen LogP contribution in [-0.2, 0) is 4.74 Å². The molecule has 5 heteroatoms. The number of hydrogen-bond acceptors (Lipinski definition) is 5. The minimum Gasteiger partial charge on any atom is -0.495 e. The van der Waals surface area contributed by atoms with E-state index in [-0.39, 0.29) is 0 Å². The van der Waals surface area contributed by atoms with Crippen molar-refractivity contribution in [3.05, 3.63) is 24.3 Å². The van der Waals surface area contributed by atoms with E-state index in [1.165, 1.54) is 18.4 Å². The van der Waals surface area contributed by atoms with Gasteiger partial charge in [-0.25, -0.2) is 4.79 Å². The van der Waals surface area contributed by atoms with Crippen LogP contribution in [0.4, 0.5) is 4.79 Å². The van der Waals surface area contributed by atoms with Crippen molar-refractivity contribution in [3.63, 3.8) is 0 Å². The second-order valence-electron chi connectivity index (χ2n) is 3.00. The summed E-state index contributed by atoms with van der Waals surface area (Å²) in [6, 6.07) is 7.45. The molecule has 0 saturated heterocycles. The zero-order valence-electron chi connectivity index (χ0n) is 8.85. The maximum atomic E-state index is 10.9. The zero-order valence-corrected chi connectivity index (χ0v) is 9.67. The van der Waals surface area contributed by atoms with E-state index in [4.69, 9.17) is 9.47 Å². The number of benzene rings is 1. The highest BCUT2D eigenvalue weighted by molar-refractivity contribution is 7.21. The number of fused-ring (bicyclic) bond motifs is 1. The van der Waals surface area contributed by atoms with Gasteiger partial charge in [0.25, 0.3) is 0 Å². The van der Waals surface area contributed by atoms with Gasteiger partial charge in [0.15, 0.2) is 5.06 Å². The van der Waals surface area contributed by atoms with E-state index in [1.54, 1.807) is 13.2 Å². The van der Waals surface area contributed by atoms with Crippen LogP contribution in [0.25, 0.3) is 10.1 Å². The second-order valence-corrected chi connectivity index (χ2v) is 4.01. The van der Waals surface area contributed by atoms with Gasteiger partial charge in [0.2, 0.25) is 0 Å². The summed E-state index contributed by atoms with van der Waals surface area (Å²) < 4.78 is 15.5. The van der Waals surface area contributed by atoms with Crippen molar-refractivity contribution in [2.24, 2.45) is 0 Å². The molecule has 0 saturated carbocycles. The molecule has 0 amide bonds. The minimum absolute atomic E-state index is 0.492. The third-order valence-corrected chi connectivity index (χ3v) is 3.10. The molecule has 2 aromatic rings. The molecular formula is C11H10O4S. The first-order valence-electron chi connectivity index (χ1n) is 4.57. The summed E-state index contributed by atoms with van der Waals surface area (Å²) in [6.07, 6.45) is -0.717. The molecule has 0 fully saturated rings. The highest BCUT2D eigenvalue weighted by atomic mass is 32.1. The first kappa shape index (κ1) is 10.8. The molecule has 4 nitrogen and oxygen atoms in total. The van der Waals surface area contributed by atoms with Crippen LogP contribution in [0, 0.1) is 0 Å². The SMILES string of the molecule is COC(=O)Oc1cc2cccc(OC)c2s1. The number of hydrogen-bond donors (Lipinski definition) is 0. The van der Waals surface area contributed by atoms with Crippen LogP contribution in [0.1, 0.15) is 0 Å². The molecule has 84 valence electrons. The molecule has 0 radical (unpaired) electrons. The summed E-state index contributed by atoms with van der Waals surface area (Å²) in [5, 5.41) is 1.47.